The SMILES string of the molecule is CC(=O)Nc1ccc(-c2cccc(-c3cc(N4CCNCC4)ccn3)c2O)cc1F. The summed E-state index contributed by atoms with van der Waals surface area (Å²) >= 11 is 0. The monoisotopic (exact) mass is 406 g/mol. The molecule has 4 rings (SSSR count). The molecule has 154 valence electrons. The number of amides is 1. The normalized spacial score (nSPS) is 13.9. The number of piperazine rings is 1. The van der Waals surface area contributed by atoms with Gasteiger partial charge in [-0.15, -0.1) is 0 Å². The number of halogens is 1. The number of hydrogen-bond acceptors (Lipinski definition) is 5. The van der Waals surface area contributed by atoms with Gasteiger partial charge in [0.05, 0.1) is 11.4 Å². The number of hydrogen-bond donors (Lipinski definition) is 3. The predicted molar refractivity (Wildman–Crippen MR) is 116 cm³/mol. The summed E-state index contributed by atoms with van der Waals surface area (Å²) in [6.07, 6.45) is 1.74. The lowest BCUT2D eigenvalue weighted by Crippen LogP contribution is -2.43. The molecule has 1 aliphatic rings. The third-order valence-electron chi connectivity index (χ3n) is 5.13. The smallest absolute Gasteiger partial charge is 0.221 e. The zero-order valence-electron chi connectivity index (χ0n) is 16.7. The van der Waals surface area contributed by atoms with E-state index in [4.69, 9.17) is 0 Å². The highest BCUT2D eigenvalue weighted by Crippen LogP contribution is 2.38. The molecule has 7 heteroatoms. The van der Waals surface area contributed by atoms with E-state index in [1.165, 1.54) is 19.1 Å². The number of anilines is 2. The van der Waals surface area contributed by atoms with Crippen LogP contribution in [-0.2, 0) is 4.79 Å². The third-order valence-corrected chi connectivity index (χ3v) is 5.13. The number of nitrogens with zero attached hydrogens (tertiary/aromatic N) is 2. The first-order chi connectivity index (χ1) is 14.5. The van der Waals surface area contributed by atoms with Crippen LogP contribution in [0.2, 0.25) is 0 Å². The number of carbonyl (C=O) groups is 1. The van der Waals surface area contributed by atoms with Crippen molar-refractivity contribution in [2.45, 2.75) is 6.92 Å². The number of rotatable bonds is 4. The molecular formula is C23H23FN4O2. The summed E-state index contributed by atoms with van der Waals surface area (Å²) in [5.41, 5.74) is 3.40. The maximum Gasteiger partial charge on any atom is 0.221 e. The van der Waals surface area contributed by atoms with Crippen LogP contribution in [0.5, 0.6) is 5.75 Å². The zero-order chi connectivity index (χ0) is 21.1. The predicted octanol–water partition coefficient (Wildman–Crippen LogP) is 3.63. The van der Waals surface area contributed by atoms with Crippen molar-refractivity contribution in [3.05, 3.63) is 60.5 Å². The molecule has 2 heterocycles. The van der Waals surface area contributed by atoms with Crippen LogP contribution in [0.3, 0.4) is 0 Å². The van der Waals surface area contributed by atoms with Crippen LogP contribution in [0.15, 0.2) is 54.7 Å². The van der Waals surface area contributed by atoms with Crippen molar-refractivity contribution in [2.24, 2.45) is 0 Å². The Hall–Kier alpha value is -3.45. The quantitative estimate of drug-likeness (QED) is 0.617. The zero-order valence-corrected chi connectivity index (χ0v) is 16.7. The van der Waals surface area contributed by atoms with Crippen molar-refractivity contribution >= 4 is 17.3 Å². The molecule has 1 saturated heterocycles. The van der Waals surface area contributed by atoms with Gasteiger partial charge in [-0.2, -0.15) is 0 Å². The number of phenolic OH excluding ortho intramolecular Hbond substituents is 1. The molecule has 30 heavy (non-hydrogen) atoms. The van der Waals surface area contributed by atoms with Gasteiger partial charge in [0.25, 0.3) is 0 Å². The molecule has 3 N–H and O–H groups in total. The minimum absolute atomic E-state index is 0.0362. The lowest BCUT2D eigenvalue weighted by molar-refractivity contribution is -0.114. The first kappa shape index (κ1) is 19.8. The van der Waals surface area contributed by atoms with Gasteiger partial charge < -0.3 is 20.6 Å². The molecule has 1 amide bonds. The number of pyridine rings is 1. The minimum atomic E-state index is -0.564. The molecule has 6 nitrogen and oxygen atoms in total. The average molecular weight is 406 g/mol. The van der Waals surface area contributed by atoms with Crippen LogP contribution < -0.4 is 15.5 Å². The van der Waals surface area contributed by atoms with Crippen molar-refractivity contribution < 1.29 is 14.3 Å². The number of aromatic hydroxyl groups is 1. The van der Waals surface area contributed by atoms with Gasteiger partial charge >= 0.3 is 0 Å². The molecule has 0 bridgehead atoms. The fraction of sp³-hybridized carbons (Fsp3) is 0.217. The fourth-order valence-electron chi connectivity index (χ4n) is 3.64. The van der Waals surface area contributed by atoms with Gasteiger partial charge in [0.2, 0.25) is 5.91 Å². The van der Waals surface area contributed by atoms with Gasteiger partial charge in [-0.05, 0) is 35.9 Å². The Kier molecular flexibility index (Phi) is 5.63. The van der Waals surface area contributed by atoms with Crippen LogP contribution in [0.25, 0.3) is 22.4 Å². The molecule has 0 atom stereocenters. The Morgan fingerprint density at radius 3 is 2.63 bits per heavy atom. The standard InChI is InChI=1S/C23H23FN4O2/c1-15(29)27-21-6-5-16(13-20(21)24)18-3-2-4-19(23(18)30)22-14-17(7-8-26-22)28-11-9-25-10-12-28/h2-8,13-14,25,30H,9-12H2,1H3,(H,27,29). The van der Waals surface area contributed by atoms with Gasteiger partial charge in [0, 0.05) is 56.1 Å². The lowest BCUT2D eigenvalue weighted by Gasteiger charge is -2.29. The first-order valence-electron chi connectivity index (χ1n) is 9.84. The third kappa shape index (κ3) is 4.11. The van der Waals surface area contributed by atoms with E-state index in [1.54, 1.807) is 24.4 Å². The molecule has 3 aromatic rings. The van der Waals surface area contributed by atoms with E-state index in [2.05, 4.69) is 20.5 Å². The lowest BCUT2D eigenvalue weighted by atomic mass is 9.99. The van der Waals surface area contributed by atoms with Crippen LogP contribution in [0.4, 0.5) is 15.8 Å². The number of carbonyl (C=O) groups excluding carboxylic acids is 1. The van der Waals surface area contributed by atoms with E-state index in [0.717, 1.165) is 31.9 Å². The van der Waals surface area contributed by atoms with E-state index in [-0.39, 0.29) is 17.3 Å². The largest absolute Gasteiger partial charge is 0.507 e. The molecule has 1 fully saturated rings. The van der Waals surface area contributed by atoms with Crippen LogP contribution in [0, 0.1) is 5.82 Å². The Morgan fingerprint density at radius 2 is 1.90 bits per heavy atom. The van der Waals surface area contributed by atoms with E-state index < -0.39 is 5.82 Å². The van der Waals surface area contributed by atoms with E-state index >= 15 is 0 Å². The van der Waals surface area contributed by atoms with E-state index in [9.17, 15) is 14.3 Å². The maximum absolute atomic E-state index is 14.4. The van der Waals surface area contributed by atoms with Crippen molar-refractivity contribution in [1.29, 1.82) is 0 Å². The fourth-order valence-corrected chi connectivity index (χ4v) is 3.64. The van der Waals surface area contributed by atoms with Crippen LogP contribution in [-0.4, -0.2) is 42.2 Å². The molecule has 0 radical (unpaired) electrons. The second-order valence-corrected chi connectivity index (χ2v) is 7.21. The highest BCUT2D eigenvalue weighted by molar-refractivity contribution is 5.89. The Morgan fingerprint density at radius 1 is 1.13 bits per heavy atom. The van der Waals surface area contributed by atoms with Gasteiger partial charge in [-0.25, -0.2) is 4.39 Å². The van der Waals surface area contributed by atoms with Gasteiger partial charge in [0.15, 0.2) is 0 Å². The second-order valence-electron chi connectivity index (χ2n) is 7.21. The van der Waals surface area contributed by atoms with Crippen LogP contribution >= 0.6 is 0 Å². The molecule has 1 aromatic heterocycles. The highest BCUT2D eigenvalue weighted by atomic mass is 19.1. The van der Waals surface area contributed by atoms with Crippen molar-refractivity contribution in [3.63, 3.8) is 0 Å². The summed E-state index contributed by atoms with van der Waals surface area (Å²) < 4.78 is 14.4. The van der Waals surface area contributed by atoms with Gasteiger partial charge in [0.1, 0.15) is 11.6 Å². The van der Waals surface area contributed by atoms with Gasteiger partial charge in [-0.3, -0.25) is 9.78 Å². The Bertz CT molecular complexity index is 1080. The summed E-state index contributed by atoms with van der Waals surface area (Å²) in [4.78, 5) is 17.9. The second kappa shape index (κ2) is 8.51. The molecule has 0 unspecified atom stereocenters. The number of para-hydroxylation sites is 1. The van der Waals surface area contributed by atoms with E-state index in [0.29, 0.717) is 22.4 Å². The Labute approximate surface area is 174 Å². The number of benzene rings is 2. The summed E-state index contributed by atoms with van der Waals surface area (Å²) in [6, 6.07) is 13.7. The van der Waals surface area contributed by atoms with Crippen molar-refractivity contribution in [1.82, 2.24) is 10.3 Å². The molecule has 2 aromatic carbocycles. The molecule has 0 saturated carbocycles. The van der Waals surface area contributed by atoms with Crippen molar-refractivity contribution in [2.75, 3.05) is 36.4 Å². The van der Waals surface area contributed by atoms with Crippen LogP contribution in [0.1, 0.15) is 6.92 Å². The molecular weight excluding hydrogens is 383 g/mol. The summed E-state index contributed by atoms with van der Waals surface area (Å²) in [5, 5.41) is 16.7. The minimum Gasteiger partial charge on any atom is -0.507 e. The molecule has 0 aliphatic carbocycles. The Balaban J connectivity index is 1.69. The van der Waals surface area contributed by atoms with E-state index in [1.807, 2.05) is 18.2 Å². The number of phenols is 1. The number of nitrogens with one attached hydrogen (secondary N) is 2. The first-order valence-corrected chi connectivity index (χ1v) is 9.84. The summed E-state index contributed by atoms with van der Waals surface area (Å²) in [7, 11) is 0. The summed E-state index contributed by atoms with van der Waals surface area (Å²) in [6.45, 7) is 5.01. The highest BCUT2D eigenvalue weighted by Gasteiger charge is 2.16. The summed E-state index contributed by atoms with van der Waals surface area (Å²) in [5.74, 6) is -0.873. The topological polar surface area (TPSA) is 77.5 Å². The molecule has 1 aliphatic heterocycles. The maximum atomic E-state index is 14.4. The van der Waals surface area contributed by atoms with Gasteiger partial charge in [-0.1, -0.05) is 18.2 Å². The average Bonchev–Trinajstić information content (AvgIpc) is 2.76. The molecule has 0 spiro atoms. The van der Waals surface area contributed by atoms with Crippen molar-refractivity contribution in [3.8, 4) is 28.1 Å². The number of aromatic nitrogens is 1.